The van der Waals surface area contributed by atoms with E-state index in [9.17, 15) is 5.26 Å². The number of ether oxygens (including phenoxy) is 2. The SMILES string of the molecule is C[C@@H]1CO[C@H]2C3=C[C@@H](OCc4ccccc4)[C@H](C)C[C@@]3(C#N)C[C@H](C)[C@@H]12. The van der Waals surface area contributed by atoms with Crippen LogP contribution in [0.3, 0.4) is 0 Å². The van der Waals surface area contributed by atoms with Gasteiger partial charge in [-0.1, -0.05) is 57.2 Å². The molecule has 0 radical (unpaired) electrons. The standard InChI is InChI=1S/C23H29NO2/c1-15-10-23(14-24)11-16(2)21-17(3)12-26-22(21)19(23)9-20(15)25-13-18-7-5-4-6-8-18/h4-9,15-17,20-22H,10-13H2,1-3H3/t15-,16+,17-,20-,21+,22+,23+/m1/s1. The van der Waals surface area contributed by atoms with E-state index in [1.807, 2.05) is 18.2 Å². The van der Waals surface area contributed by atoms with E-state index in [2.05, 4.69) is 45.0 Å². The second-order valence-corrected chi connectivity index (χ2v) is 8.75. The summed E-state index contributed by atoms with van der Waals surface area (Å²) in [5.41, 5.74) is 2.04. The fourth-order valence-electron chi connectivity index (χ4n) is 5.61. The van der Waals surface area contributed by atoms with Gasteiger partial charge in [0, 0.05) is 0 Å². The quantitative estimate of drug-likeness (QED) is 0.739. The van der Waals surface area contributed by atoms with Crippen LogP contribution in [0.25, 0.3) is 0 Å². The summed E-state index contributed by atoms with van der Waals surface area (Å²) in [5, 5.41) is 10.1. The van der Waals surface area contributed by atoms with Crippen molar-refractivity contribution < 1.29 is 9.47 Å². The lowest BCUT2D eigenvalue weighted by molar-refractivity contribution is -0.00820. The molecule has 26 heavy (non-hydrogen) atoms. The van der Waals surface area contributed by atoms with Crippen LogP contribution in [0, 0.1) is 40.4 Å². The number of nitrogens with zero attached hydrogens (tertiary/aromatic N) is 1. The first kappa shape index (κ1) is 17.8. The number of fused-ring (bicyclic) bond motifs is 3. The highest BCUT2D eigenvalue weighted by molar-refractivity contribution is 5.36. The van der Waals surface area contributed by atoms with Crippen LogP contribution in [0.5, 0.6) is 0 Å². The lowest BCUT2D eigenvalue weighted by Gasteiger charge is -2.49. The molecule has 3 nitrogen and oxygen atoms in total. The maximum absolute atomic E-state index is 10.1. The smallest absolute Gasteiger partial charge is 0.0835 e. The zero-order valence-corrected chi connectivity index (χ0v) is 16.0. The van der Waals surface area contributed by atoms with Crippen LogP contribution >= 0.6 is 0 Å². The van der Waals surface area contributed by atoms with Crippen LogP contribution < -0.4 is 0 Å². The van der Waals surface area contributed by atoms with Crippen molar-refractivity contribution in [3.05, 3.63) is 47.5 Å². The van der Waals surface area contributed by atoms with E-state index in [0.29, 0.717) is 30.3 Å². The minimum absolute atomic E-state index is 0.0558. The Labute approximate surface area is 157 Å². The number of nitriles is 1. The maximum Gasteiger partial charge on any atom is 0.0835 e. The Hall–Kier alpha value is -1.63. The monoisotopic (exact) mass is 351 g/mol. The highest BCUT2D eigenvalue weighted by Crippen LogP contribution is 2.56. The molecule has 0 unspecified atom stereocenters. The van der Waals surface area contributed by atoms with Crippen LogP contribution in [0.1, 0.15) is 39.2 Å². The van der Waals surface area contributed by atoms with Gasteiger partial charge < -0.3 is 9.47 Å². The molecule has 3 heteroatoms. The second kappa shape index (κ2) is 6.83. The van der Waals surface area contributed by atoms with E-state index in [1.54, 1.807) is 0 Å². The predicted molar refractivity (Wildman–Crippen MR) is 101 cm³/mol. The highest BCUT2D eigenvalue weighted by atomic mass is 16.5. The summed E-state index contributed by atoms with van der Waals surface area (Å²) in [5.74, 6) is 1.97. The van der Waals surface area contributed by atoms with Crippen molar-refractivity contribution in [2.45, 2.75) is 52.4 Å². The normalized spacial score (nSPS) is 41.7. The molecule has 1 saturated heterocycles. The summed E-state index contributed by atoms with van der Waals surface area (Å²) < 4.78 is 12.5. The number of hydrogen-bond donors (Lipinski definition) is 0. The Morgan fingerprint density at radius 2 is 1.85 bits per heavy atom. The van der Waals surface area contributed by atoms with Crippen molar-refractivity contribution in [3.63, 3.8) is 0 Å². The molecule has 7 atom stereocenters. The van der Waals surface area contributed by atoms with Crippen molar-refractivity contribution in [2.75, 3.05) is 6.61 Å². The minimum Gasteiger partial charge on any atom is -0.373 e. The molecule has 0 bridgehead atoms. The third-order valence-electron chi connectivity index (χ3n) is 6.81. The summed E-state index contributed by atoms with van der Waals surface area (Å²) in [6.07, 6.45) is 4.24. The third-order valence-corrected chi connectivity index (χ3v) is 6.81. The molecule has 4 rings (SSSR count). The average molecular weight is 351 g/mol. The molecule has 3 aliphatic rings. The van der Waals surface area contributed by atoms with E-state index in [1.165, 1.54) is 11.1 Å². The van der Waals surface area contributed by atoms with Crippen LogP contribution in [0.4, 0.5) is 0 Å². The second-order valence-electron chi connectivity index (χ2n) is 8.75. The van der Waals surface area contributed by atoms with Gasteiger partial charge in [-0.25, -0.2) is 0 Å². The van der Waals surface area contributed by atoms with Gasteiger partial charge in [-0.2, -0.15) is 5.26 Å². The molecule has 0 aromatic heterocycles. The van der Waals surface area contributed by atoms with E-state index < -0.39 is 0 Å². The Bertz CT molecular complexity index is 721. The Morgan fingerprint density at radius 3 is 2.58 bits per heavy atom. The van der Waals surface area contributed by atoms with Crippen molar-refractivity contribution in [1.82, 2.24) is 0 Å². The minimum atomic E-state index is -0.364. The fourth-order valence-corrected chi connectivity index (χ4v) is 5.61. The van der Waals surface area contributed by atoms with Gasteiger partial charge in [-0.3, -0.25) is 0 Å². The topological polar surface area (TPSA) is 42.2 Å². The van der Waals surface area contributed by atoms with Crippen LogP contribution in [0.15, 0.2) is 42.0 Å². The first-order valence-electron chi connectivity index (χ1n) is 9.94. The highest BCUT2D eigenvalue weighted by Gasteiger charge is 2.55. The molecule has 1 saturated carbocycles. The summed E-state index contributed by atoms with van der Waals surface area (Å²) >= 11 is 0. The summed E-state index contributed by atoms with van der Waals surface area (Å²) in [6, 6.07) is 13.0. The van der Waals surface area contributed by atoms with Gasteiger partial charge in [0.15, 0.2) is 0 Å². The van der Waals surface area contributed by atoms with Crippen LogP contribution in [-0.2, 0) is 16.1 Å². The summed E-state index contributed by atoms with van der Waals surface area (Å²) in [7, 11) is 0. The molecule has 1 aromatic rings. The molecule has 0 amide bonds. The maximum atomic E-state index is 10.1. The van der Waals surface area contributed by atoms with Gasteiger partial charge in [0.25, 0.3) is 0 Å². The Balaban J connectivity index is 1.61. The van der Waals surface area contributed by atoms with Gasteiger partial charge >= 0.3 is 0 Å². The number of hydrogen-bond acceptors (Lipinski definition) is 3. The lowest BCUT2D eigenvalue weighted by Crippen LogP contribution is -2.47. The van der Waals surface area contributed by atoms with E-state index in [4.69, 9.17) is 9.47 Å². The van der Waals surface area contributed by atoms with Gasteiger partial charge in [0.1, 0.15) is 0 Å². The van der Waals surface area contributed by atoms with Gasteiger partial charge in [-0.15, -0.1) is 0 Å². The van der Waals surface area contributed by atoms with Crippen molar-refractivity contribution >= 4 is 0 Å². The number of benzene rings is 1. The molecule has 1 heterocycles. The molecule has 0 spiro atoms. The molecule has 1 aliphatic heterocycles. The Kier molecular flexibility index (Phi) is 4.67. The molecule has 2 aliphatic carbocycles. The third kappa shape index (κ3) is 2.90. The summed E-state index contributed by atoms with van der Waals surface area (Å²) in [4.78, 5) is 0. The Morgan fingerprint density at radius 1 is 1.12 bits per heavy atom. The zero-order chi connectivity index (χ0) is 18.3. The number of rotatable bonds is 3. The van der Waals surface area contributed by atoms with E-state index >= 15 is 0 Å². The first-order valence-corrected chi connectivity index (χ1v) is 9.94. The molecule has 0 N–H and O–H groups in total. The predicted octanol–water partition coefficient (Wildman–Crippen LogP) is 4.74. The average Bonchev–Trinajstić information content (AvgIpc) is 3.03. The van der Waals surface area contributed by atoms with Crippen molar-refractivity contribution in [3.8, 4) is 6.07 Å². The van der Waals surface area contributed by atoms with Gasteiger partial charge in [0.05, 0.1) is 36.9 Å². The van der Waals surface area contributed by atoms with Crippen LogP contribution in [0.2, 0.25) is 0 Å². The van der Waals surface area contributed by atoms with Crippen molar-refractivity contribution in [1.29, 1.82) is 5.26 Å². The molecule has 1 aromatic carbocycles. The van der Waals surface area contributed by atoms with Gasteiger partial charge in [-0.05, 0) is 47.6 Å². The zero-order valence-electron chi connectivity index (χ0n) is 16.0. The van der Waals surface area contributed by atoms with E-state index in [0.717, 1.165) is 19.4 Å². The van der Waals surface area contributed by atoms with Crippen LogP contribution in [-0.4, -0.2) is 18.8 Å². The molecular weight excluding hydrogens is 322 g/mol. The molecule has 138 valence electrons. The first-order chi connectivity index (χ1) is 12.5. The fraction of sp³-hybridized carbons (Fsp3) is 0.609. The molecular formula is C23H29NO2. The van der Waals surface area contributed by atoms with Crippen molar-refractivity contribution in [2.24, 2.45) is 29.1 Å². The summed E-state index contributed by atoms with van der Waals surface area (Å²) in [6.45, 7) is 8.23. The largest absolute Gasteiger partial charge is 0.373 e. The molecule has 2 fully saturated rings. The van der Waals surface area contributed by atoms with Gasteiger partial charge in [0.2, 0.25) is 0 Å². The van der Waals surface area contributed by atoms with E-state index in [-0.39, 0.29) is 17.6 Å². The lowest BCUT2D eigenvalue weighted by atomic mass is 9.55.